The summed E-state index contributed by atoms with van der Waals surface area (Å²) < 4.78 is 10.4. The van der Waals surface area contributed by atoms with E-state index in [1.54, 1.807) is 7.11 Å². The number of nitrogens with zero attached hydrogens (tertiary/aromatic N) is 1. The second-order valence-electron chi connectivity index (χ2n) is 7.21. The Morgan fingerprint density at radius 1 is 1.19 bits per heavy atom. The first-order valence-corrected chi connectivity index (χ1v) is 9.18. The molecule has 0 N–H and O–H groups in total. The fraction of sp³-hybridized carbons (Fsp3) is 0.364. The fourth-order valence-electron chi connectivity index (χ4n) is 4.49. The molecule has 2 aromatic rings. The van der Waals surface area contributed by atoms with Crippen LogP contribution < -0.4 is 4.74 Å². The van der Waals surface area contributed by atoms with E-state index in [2.05, 4.69) is 17.0 Å². The molecule has 0 saturated carbocycles. The van der Waals surface area contributed by atoms with Crippen molar-refractivity contribution in [3.05, 3.63) is 65.2 Å². The molecule has 2 bridgehead atoms. The average Bonchev–Trinajstić information content (AvgIpc) is 2.70. The van der Waals surface area contributed by atoms with Gasteiger partial charge in [0.25, 0.3) is 0 Å². The van der Waals surface area contributed by atoms with Crippen LogP contribution in [0.2, 0.25) is 0 Å². The van der Waals surface area contributed by atoms with Gasteiger partial charge >= 0.3 is 5.97 Å². The number of likely N-dealkylation sites (tertiary alicyclic amines) is 1. The third-order valence-corrected chi connectivity index (χ3v) is 5.89. The van der Waals surface area contributed by atoms with Crippen LogP contribution in [0.5, 0.6) is 5.75 Å². The predicted molar refractivity (Wildman–Crippen MR) is 101 cm³/mol. The number of hydrogen-bond donors (Lipinski definition) is 0. The lowest BCUT2D eigenvalue weighted by Crippen LogP contribution is -2.63. The summed E-state index contributed by atoms with van der Waals surface area (Å²) in [6.45, 7) is 1.36. The van der Waals surface area contributed by atoms with Crippen molar-refractivity contribution in [2.45, 2.75) is 30.8 Å². The minimum atomic E-state index is -1.23. The van der Waals surface area contributed by atoms with Crippen molar-refractivity contribution in [2.75, 3.05) is 20.8 Å². The van der Waals surface area contributed by atoms with Gasteiger partial charge in [0.2, 0.25) is 0 Å². The minimum Gasteiger partial charge on any atom is -0.497 e. The van der Waals surface area contributed by atoms with Gasteiger partial charge in [-0.3, -0.25) is 14.5 Å². The van der Waals surface area contributed by atoms with Gasteiger partial charge in [0.05, 0.1) is 20.3 Å². The van der Waals surface area contributed by atoms with Crippen molar-refractivity contribution < 1.29 is 19.1 Å². The Hall–Kier alpha value is -2.66. The lowest BCUT2D eigenvalue weighted by molar-refractivity contribution is -0.158. The van der Waals surface area contributed by atoms with Gasteiger partial charge in [-0.05, 0) is 41.7 Å². The molecule has 2 aliphatic rings. The third kappa shape index (κ3) is 2.73. The number of piperidine rings is 1. The number of rotatable bonds is 4. The summed E-state index contributed by atoms with van der Waals surface area (Å²) in [6.07, 6.45) is 1.02. The molecule has 5 heteroatoms. The molecule has 0 aromatic heterocycles. The molecule has 1 aliphatic heterocycles. The quantitative estimate of drug-likeness (QED) is 0.616. The minimum absolute atomic E-state index is 0.0581. The van der Waals surface area contributed by atoms with Gasteiger partial charge in [0.15, 0.2) is 11.2 Å². The highest BCUT2D eigenvalue weighted by molar-refractivity contribution is 6.13. The lowest BCUT2D eigenvalue weighted by atomic mass is 9.62. The van der Waals surface area contributed by atoms with Gasteiger partial charge in [-0.2, -0.15) is 0 Å². The van der Waals surface area contributed by atoms with E-state index in [0.29, 0.717) is 31.7 Å². The molecular formula is C22H23NO4. The summed E-state index contributed by atoms with van der Waals surface area (Å²) in [4.78, 5) is 28.5. The van der Waals surface area contributed by atoms with Crippen LogP contribution in [-0.4, -0.2) is 43.5 Å². The smallest absolute Gasteiger partial charge is 0.324 e. The van der Waals surface area contributed by atoms with Crippen LogP contribution in [0.15, 0.2) is 48.5 Å². The molecule has 2 aromatic carbocycles. The molecule has 27 heavy (non-hydrogen) atoms. The zero-order valence-electron chi connectivity index (χ0n) is 15.6. The number of esters is 1. The second-order valence-corrected chi connectivity index (χ2v) is 7.21. The van der Waals surface area contributed by atoms with E-state index >= 15 is 0 Å². The van der Waals surface area contributed by atoms with E-state index in [1.807, 2.05) is 36.4 Å². The van der Waals surface area contributed by atoms with E-state index in [1.165, 1.54) is 7.11 Å². The highest BCUT2D eigenvalue weighted by Crippen LogP contribution is 2.45. The first-order valence-electron chi connectivity index (χ1n) is 9.18. The number of fused-ring (bicyclic) bond motifs is 4. The first kappa shape index (κ1) is 17.7. The van der Waals surface area contributed by atoms with Crippen molar-refractivity contribution in [1.82, 2.24) is 4.90 Å². The Bertz CT molecular complexity index is 879. The Balaban J connectivity index is 1.76. The zero-order chi connectivity index (χ0) is 19.0. The van der Waals surface area contributed by atoms with Gasteiger partial charge in [-0.1, -0.05) is 36.4 Å². The van der Waals surface area contributed by atoms with Crippen LogP contribution in [-0.2, 0) is 32.7 Å². The van der Waals surface area contributed by atoms with E-state index in [-0.39, 0.29) is 11.8 Å². The van der Waals surface area contributed by atoms with Crippen molar-refractivity contribution in [2.24, 2.45) is 0 Å². The van der Waals surface area contributed by atoms with Gasteiger partial charge in [-0.25, -0.2) is 0 Å². The number of Topliss-reactive ketones (excluding diaryl/α,β-unsaturated/α-hetero) is 1. The average molecular weight is 365 g/mol. The molecule has 1 heterocycles. The summed E-state index contributed by atoms with van der Waals surface area (Å²) in [7, 11) is 2.94. The standard InChI is InChI=1S/C22H23NO4/c1-26-17-9-8-16-12-19-20(24)22(18(16)13-17,21(25)27-2)10-11-23(19)14-15-6-4-3-5-7-15/h3-9,13,19H,10-12,14H2,1-2H3. The normalized spacial score (nSPS) is 24.2. The SMILES string of the molecule is COC(=O)C12CCN(Cc3ccccc3)C(Cc3ccc(OC)cc31)C2=O. The summed E-state index contributed by atoms with van der Waals surface area (Å²) in [5.41, 5.74) is 1.70. The van der Waals surface area contributed by atoms with Crippen LogP contribution in [0.4, 0.5) is 0 Å². The van der Waals surface area contributed by atoms with Gasteiger partial charge < -0.3 is 9.47 Å². The van der Waals surface area contributed by atoms with E-state index in [9.17, 15) is 9.59 Å². The molecule has 1 fully saturated rings. The van der Waals surface area contributed by atoms with Gasteiger partial charge in [-0.15, -0.1) is 0 Å². The summed E-state index contributed by atoms with van der Waals surface area (Å²) in [6, 6.07) is 15.5. The molecular weight excluding hydrogens is 342 g/mol. The van der Waals surface area contributed by atoms with Crippen LogP contribution in [0, 0.1) is 0 Å². The number of carbonyl (C=O) groups is 2. The molecule has 0 radical (unpaired) electrons. The Kier molecular flexibility index (Phi) is 4.48. The van der Waals surface area contributed by atoms with Crippen LogP contribution in [0.3, 0.4) is 0 Å². The first-order chi connectivity index (χ1) is 13.1. The molecule has 2 unspecified atom stereocenters. The van der Waals surface area contributed by atoms with E-state index in [0.717, 1.165) is 16.7 Å². The van der Waals surface area contributed by atoms with Crippen LogP contribution in [0.25, 0.3) is 0 Å². The molecule has 0 spiro atoms. The second kappa shape index (κ2) is 6.82. The molecule has 140 valence electrons. The number of ether oxygens (including phenoxy) is 2. The Morgan fingerprint density at radius 2 is 1.96 bits per heavy atom. The van der Waals surface area contributed by atoms with E-state index in [4.69, 9.17) is 9.47 Å². The van der Waals surface area contributed by atoms with E-state index < -0.39 is 11.4 Å². The third-order valence-electron chi connectivity index (χ3n) is 5.89. The predicted octanol–water partition coefficient (Wildman–Crippen LogP) is 2.51. The molecule has 5 nitrogen and oxygen atoms in total. The number of carbonyl (C=O) groups excluding carboxylic acids is 2. The molecule has 4 rings (SSSR count). The summed E-state index contributed by atoms with van der Waals surface area (Å²) >= 11 is 0. The molecule has 1 saturated heterocycles. The maximum Gasteiger partial charge on any atom is 0.324 e. The maximum atomic E-state index is 13.5. The Labute approximate surface area is 158 Å². The Morgan fingerprint density at radius 3 is 2.67 bits per heavy atom. The number of methoxy groups -OCH3 is 2. The topological polar surface area (TPSA) is 55.8 Å². The largest absolute Gasteiger partial charge is 0.497 e. The molecule has 1 aliphatic carbocycles. The van der Waals surface area contributed by atoms with Crippen molar-refractivity contribution in [1.29, 1.82) is 0 Å². The summed E-state index contributed by atoms with van der Waals surface area (Å²) in [5, 5.41) is 0. The van der Waals surface area contributed by atoms with Gasteiger partial charge in [0, 0.05) is 13.1 Å². The maximum absolute atomic E-state index is 13.5. The highest BCUT2D eigenvalue weighted by Gasteiger charge is 2.58. The van der Waals surface area contributed by atoms with Crippen molar-refractivity contribution >= 4 is 11.8 Å². The lowest BCUT2D eigenvalue weighted by Gasteiger charge is -2.48. The van der Waals surface area contributed by atoms with Crippen LogP contribution >= 0.6 is 0 Å². The van der Waals surface area contributed by atoms with Crippen LogP contribution in [0.1, 0.15) is 23.1 Å². The number of benzene rings is 2. The molecule has 2 atom stereocenters. The number of hydrogen-bond acceptors (Lipinski definition) is 5. The monoisotopic (exact) mass is 365 g/mol. The molecule has 0 amide bonds. The summed E-state index contributed by atoms with van der Waals surface area (Å²) in [5.74, 6) is 0.123. The van der Waals surface area contributed by atoms with Crippen molar-refractivity contribution in [3.8, 4) is 5.75 Å². The zero-order valence-corrected chi connectivity index (χ0v) is 15.6. The highest BCUT2D eigenvalue weighted by atomic mass is 16.5. The fourth-order valence-corrected chi connectivity index (χ4v) is 4.49. The van der Waals surface area contributed by atoms with Gasteiger partial charge in [0.1, 0.15) is 5.75 Å². The number of ketones is 1. The van der Waals surface area contributed by atoms with Crippen molar-refractivity contribution in [3.63, 3.8) is 0 Å².